The first kappa shape index (κ1) is 18.9. The number of nitro groups is 1. The topological polar surface area (TPSA) is 110 Å². The first-order valence-corrected chi connectivity index (χ1v) is 7.10. The first-order valence-electron chi connectivity index (χ1n) is 7.10. The van der Waals surface area contributed by atoms with E-state index in [1.54, 1.807) is 0 Å². The maximum atomic E-state index is 13.6. The predicted octanol–water partition coefficient (Wildman–Crippen LogP) is 2.44. The van der Waals surface area contributed by atoms with Gasteiger partial charge in [-0.05, 0) is 23.8 Å². The number of nitro benzene ring substituents is 1. The Morgan fingerprint density at radius 2 is 1.81 bits per heavy atom. The van der Waals surface area contributed by atoms with Gasteiger partial charge >= 0.3 is 11.7 Å². The molecule has 7 nitrogen and oxygen atoms in total. The van der Waals surface area contributed by atoms with E-state index >= 15 is 0 Å². The minimum Gasteiger partial charge on any atom is -0.480 e. The minimum atomic E-state index is -1.57. The van der Waals surface area contributed by atoms with E-state index in [0.717, 1.165) is 30.3 Å². The van der Waals surface area contributed by atoms with Crippen LogP contribution < -0.4 is 5.32 Å². The summed E-state index contributed by atoms with van der Waals surface area (Å²) in [4.78, 5) is 33.1. The number of carboxylic acid groups (broad SMARTS) is 1. The van der Waals surface area contributed by atoms with Crippen molar-refractivity contribution < 1.29 is 32.8 Å². The third-order valence-electron chi connectivity index (χ3n) is 3.43. The van der Waals surface area contributed by atoms with E-state index in [4.69, 9.17) is 0 Å². The molecule has 0 aliphatic heterocycles. The van der Waals surface area contributed by atoms with Crippen LogP contribution >= 0.6 is 0 Å². The summed E-state index contributed by atoms with van der Waals surface area (Å²) >= 11 is 0. The third-order valence-corrected chi connectivity index (χ3v) is 3.43. The second-order valence-corrected chi connectivity index (χ2v) is 5.24. The second-order valence-electron chi connectivity index (χ2n) is 5.24. The SMILES string of the molecule is O=C(N[C@@H](Cc1ccc(F)c([N+](=O)[O-])c1)C(=O)O)c1ccc(F)cc1F. The molecule has 0 saturated heterocycles. The molecule has 0 radical (unpaired) electrons. The molecule has 10 heteroatoms. The van der Waals surface area contributed by atoms with Crippen LogP contribution in [-0.4, -0.2) is 27.9 Å². The number of nitrogens with zero attached hydrogens (tertiary/aromatic N) is 1. The van der Waals surface area contributed by atoms with Crippen molar-refractivity contribution in [1.29, 1.82) is 0 Å². The number of amides is 1. The zero-order chi connectivity index (χ0) is 19.4. The summed E-state index contributed by atoms with van der Waals surface area (Å²) in [5.74, 6) is -5.78. The quantitative estimate of drug-likeness (QED) is 0.601. The number of hydrogen-bond acceptors (Lipinski definition) is 4. The maximum absolute atomic E-state index is 13.6. The lowest BCUT2D eigenvalue weighted by molar-refractivity contribution is -0.387. The predicted molar refractivity (Wildman–Crippen MR) is 82.0 cm³/mol. The van der Waals surface area contributed by atoms with Crippen molar-refractivity contribution in [3.8, 4) is 0 Å². The number of benzene rings is 2. The maximum Gasteiger partial charge on any atom is 0.326 e. The number of hydrogen-bond donors (Lipinski definition) is 2. The van der Waals surface area contributed by atoms with Crippen molar-refractivity contribution in [1.82, 2.24) is 5.32 Å². The molecular formula is C16H11F3N2O5. The second kappa shape index (κ2) is 7.64. The van der Waals surface area contributed by atoms with E-state index in [9.17, 15) is 38.0 Å². The summed E-state index contributed by atoms with van der Waals surface area (Å²) in [5.41, 5.74) is -1.34. The highest BCUT2D eigenvalue weighted by molar-refractivity contribution is 5.96. The fourth-order valence-corrected chi connectivity index (χ4v) is 2.17. The Balaban J connectivity index is 2.22. The van der Waals surface area contributed by atoms with Crippen LogP contribution in [-0.2, 0) is 11.2 Å². The van der Waals surface area contributed by atoms with Crippen molar-refractivity contribution >= 4 is 17.6 Å². The molecule has 0 aromatic heterocycles. The minimum absolute atomic E-state index is 0.0744. The molecule has 2 N–H and O–H groups in total. The Morgan fingerprint density at radius 3 is 2.38 bits per heavy atom. The number of nitrogens with one attached hydrogen (secondary N) is 1. The van der Waals surface area contributed by atoms with Crippen LogP contribution in [0.2, 0.25) is 0 Å². The molecule has 2 aromatic carbocycles. The van der Waals surface area contributed by atoms with E-state index in [1.807, 2.05) is 5.32 Å². The van der Waals surface area contributed by atoms with E-state index in [-0.39, 0.29) is 5.56 Å². The van der Waals surface area contributed by atoms with Gasteiger partial charge in [0.25, 0.3) is 5.91 Å². The van der Waals surface area contributed by atoms with Gasteiger partial charge in [-0.1, -0.05) is 6.07 Å². The van der Waals surface area contributed by atoms with Crippen LogP contribution in [0.25, 0.3) is 0 Å². The summed E-state index contributed by atoms with van der Waals surface area (Å²) in [7, 11) is 0. The molecule has 0 bridgehead atoms. The average Bonchev–Trinajstić information content (AvgIpc) is 2.55. The average molecular weight is 368 g/mol. The summed E-state index contributed by atoms with van der Waals surface area (Å²) < 4.78 is 39.8. The standard InChI is InChI=1S/C16H11F3N2O5/c17-9-2-3-10(12(19)7-9)15(22)20-13(16(23)24)5-8-1-4-11(18)14(6-8)21(25)26/h1-4,6-7,13H,5H2,(H,20,22)(H,23,24)/t13-/m0/s1. The smallest absolute Gasteiger partial charge is 0.326 e. The normalized spacial score (nSPS) is 11.7. The molecule has 0 spiro atoms. The Bertz CT molecular complexity index is 888. The molecule has 0 aliphatic carbocycles. The first-order chi connectivity index (χ1) is 12.2. The van der Waals surface area contributed by atoms with Gasteiger partial charge in [0, 0.05) is 18.6 Å². The molecule has 26 heavy (non-hydrogen) atoms. The Hall–Kier alpha value is -3.43. The summed E-state index contributed by atoms with van der Waals surface area (Å²) in [5, 5.41) is 22.0. The van der Waals surface area contributed by atoms with Gasteiger partial charge < -0.3 is 10.4 Å². The summed E-state index contributed by atoms with van der Waals surface area (Å²) in [6.07, 6.45) is -0.412. The zero-order valence-corrected chi connectivity index (χ0v) is 12.9. The van der Waals surface area contributed by atoms with Gasteiger partial charge in [-0.2, -0.15) is 4.39 Å². The highest BCUT2D eigenvalue weighted by Gasteiger charge is 2.24. The summed E-state index contributed by atoms with van der Waals surface area (Å²) in [6, 6.07) is 3.34. The van der Waals surface area contributed by atoms with Crippen LogP contribution in [0.4, 0.5) is 18.9 Å². The Kier molecular flexibility index (Phi) is 5.55. The van der Waals surface area contributed by atoms with Gasteiger partial charge in [0.2, 0.25) is 5.82 Å². The zero-order valence-electron chi connectivity index (χ0n) is 12.9. The molecule has 2 rings (SSSR count). The van der Waals surface area contributed by atoms with Crippen LogP contribution in [0.5, 0.6) is 0 Å². The van der Waals surface area contributed by atoms with Crippen molar-refractivity contribution in [3.63, 3.8) is 0 Å². The molecule has 0 aliphatic rings. The van der Waals surface area contributed by atoms with Gasteiger partial charge in [-0.25, -0.2) is 13.6 Å². The van der Waals surface area contributed by atoms with E-state index in [2.05, 4.69) is 0 Å². The largest absolute Gasteiger partial charge is 0.480 e. The lowest BCUT2D eigenvalue weighted by Crippen LogP contribution is -2.42. The van der Waals surface area contributed by atoms with Gasteiger partial charge in [0.1, 0.15) is 17.7 Å². The molecule has 0 saturated carbocycles. The molecule has 2 aromatic rings. The Labute approximate surface area is 144 Å². The molecular weight excluding hydrogens is 357 g/mol. The van der Waals surface area contributed by atoms with Gasteiger partial charge in [0.15, 0.2) is 0 Å². The van der Waals surface area contributed by atoms with Gasteiger partial charge in [0.05, 0.1) is 10.5 Å². The molecule has 0 unspecified atom stereocenters. The molecule has 0 fully saturated rings. The van der Waals surface area contributed by atoms with Crippen LogP contribution in [0.15, 0.2) is 36.4 Å². The monoisotopic (exact) mass is 368 g/mol. The molecule has 1 amide bonds. The lowest BCUT2D eigenvalue weighted by atomic mass is 10.0. The fourth-order valence-electron chi connectivity index (χ4n) is 2.17. The fraction of sp³-hybridized carbons (Fsp3) is 0.125. The molecule has 0 heterocycles. The highest BCUT2D eigenvalue weighted by atomic mass is 19.1. The third kappa shape index (κ3) is 4.35. The van der Waals surface area contributed by atoms with Crippen LogP contribution in [0.1, 0.15) is 15.9 Å². The van der Waals surface area contributed by atoms with Crippen molar-refractivity contribution in [3.05, 3.63) is 75.1 Å². The number of carbonyl (C=O) groups excluding carboxylic acids is 1. The van der Waals surface area contributed by atoms with E-state index in [1.165, 1.54) is 0 Å². The van der Waals surface area contributed by atoms with Crippen LogP contribution in [0, 0.1) is 27.6 Å². The van der Waals surface area contributed by atoms with Crippen LogP contribution in [0.3, 0.4) is 0 Å². The number of carbonyl (C=O) groups is 2. The van der Waals surface area contributed by atoms with Crippen molar-refractivity contribution in [2.75, 3.05) is 0 Å². The van der Waals surface area contributed by atoms with Crippen molar-refractivity contribution in [2.45, 2.75) is 12.5 Å². The lowest BCUT2D eigenvalue weighted by Gasteiger charge is -2.15. The Morgan fingerprint density at radius 1 is 1.12 bits per heavy atom. The number of halogens is 3. The number of aliphatic carboxylic acids is 1. The number of carboxylic acids is 1. The molecule has 136 valence electrons. The van der Waals surface area contributed by atoms with E-state index in [0.29, 0.717) is 6.07 Å². The van der Waals surface area contributed by atoms with E-state index < -0.39 is 58.0 Å². The van der Waals surface area contributed by atoms with Gasteiger partial charge in [-0.15, -0.1) is 0 Å². The van der Waals surface area contributed by atoms with Crippen molar-refractivity contribution in [2.24, 2.45) is 0 Å². The number of rotatable bonds is 6. The molecule has 1 atom stereocenters. The summed E-state index contributed by atoms with van der Waals surface area (Å²) in [6.45, 7) is 0. The highest BCUT2D eigenvalue weighted by Crippen LogP contribution is 2.19. The van der Waals surface area contributed by atoms with Gasteiger partial charge in [-0.3, -0.25) is 14.9 Å².